The molecule has 0 spiro atoms. The summed E-state index contributed by atoms with van der Waals surface area (Å²) in [6, 6.07) is 10.5. The Morgan fingerprint density at radius 1 is 1.19 bits per heavy atom. The highest BCUT2D eigenvalue weighted by Gasteiger charge is 2.42. The Balaban J connectivity index is 1.43. The van der Waals surface area contributed by atoms with Crippen molar-refractivity contribution in [3.63, 3.8) is 0 Å². The Hall–Kier alpha value is -1.98. The minimum atomic E-state index is 0.159. The van der Waals surface area contributed by atoms with E-state index in [0.29, 0.717) is 23.8 Å². The van der Waals surface area contributed by atoms with Crippen molar-refractivity contribution >= 4 is 0 Å². The molecule has 0 amide bonds. The van der Waals surface area contributed by atoms with E-state index in [0.717, 1.165) is 26.2 Å². The molecule has 5 nitrogen and oxygen atoms in total. The molecule has 26 heavy (non-hydrogen) atoms. The van der Waals surface area contributed by atoms with Gasteiger partial charge in [-0.05, 0) is 48.9 Å². The van der Waals surface area contributed by atoms with Gasteiger partial charge in [-0.3, -0.25) is 14.7 Å². The molecule has 2 aromatic rings. The molecule has 1 N–H and O–H groups in total. The van der Waals surface area contributed by atoms with Gasteiger partial charge >= 0.3 is 0 Å². The zero-order valence-corrected chi connectivity index (χ0v) is 15.1. The topological polar surface area (TPSA) is 50.2 Å². The molecule has 3 unspecified atom stereocenters. The van der Waals surface area contributed by atoms with Crippen LogP contribution in [0.4, 0.5) is 0 Å². The van der Waals surface area contributed by atoms with Gasteiger partial charge in [-0.25, -0.2) is 0 Å². The van der Waals surface area contributed by atoms with E-state index in [1.54, 1.807) is 6.07 Å². The van der Waals surface area contributed by atoms with Crippen molar-refractivity contribution in [2.24, 2.45) is 11.8 Å². The normalized spacial score (nSPS) is 30.9. The third kappa shape index (κ3) is 2.70. The van der Waals surface area contributed by atoms with E-state index in [2.05, 4.69) is 27.3 Å². The van der Waals surface area contributed by atoms with Gasteiger partial charge in [0.05, 0.1) is 0 Å². The van der Waals surface area contributed by atoms with E-state index in [9.17, 15) is 4.79 Å². The molecular formula is C21H26N4O. The smallest absolute Gasteiger partial charge is 0.250 e. The van der Waals surface area contributed by atoms with Crippen LogP contribution < -0.4 is 10.9 Å². The minimum Gasteiger partial charge on any atom is -0.316 e. The molecule has 2 saturated heterocycles. The van der Waals surface area contributed by atoms with E-state index in [4.69, 9.17) is 0 Å². The highest BCUT2D eigenvalue weighted by atomic mass is 16.1. The van der Waals surface area contributed by atoms with E-state index >= 15 is 0 Å². The number of hydrogen-bond acceptors (Lipinski definition) is 4. The van der Waals surface area contributed by atoms with Crippen molar-refractivity contribution in [2.75, 3.05) is 26.2 Å². The van der Waals surface area contributed by atoms with Gasteiger partial charge in [0.2, 0.25) is 0 Å². The largest absolute Gasteiger partial charge is 0.316 e. The molecular weight excluding hydrogens is 324 g/mol. The van der Waals surface area contributed by atoms with Gasteiger partial charge in [0, 0.05) is 62.3 Å². The average Bonchev–Trinajstić information content (AvgIpc) is 3.12. The monoisotopic (exact) mass is 350 g/mol. The van der Waals surface area contributed by atoms with Crippen LogP contribution >= 0.6 is 0 Å². The summed E-state index contributed by atoms with van der Waals surface area (Å²) in [6.07, 6.45) is 6.37. The lowest BCUT2D eigenvalue weighted by molar-refractivity contribution is 0.0991. The maximum atomic E-state index is 12.3. The van der Waals surface area contributed by atoms with Gasteiger partial charge in [-0.2, -0.15) is 0 Å². The SMILES string of the molecule is O=c1cccc2n1CC1CNCC2C1CN1CCC[C@H]1c1cccnc1. The molecule has 3 aliphatic rings. The van der Waals surface area contributed by atoms with Crippen LogP contribution in [0.3, 0.4) is 0 Å². The van der Waals surface area contributed by atoms with Crippen LogP contribution in [-0.4, -0.2) is 40.6 Å². The van der Waals surface area contributed by atoms with E-state index < -0.39 is 0 Å². The van der Waals surface area contributed by atoms with Crippen LogP contribution in [0.5, 0.6) is 0 Å². The summed E-state index contributed by atoms with van der Waals surface area (Å²) in [5.74, 6) is 1.60. The predicted octanol–water partition coefficient (Wildman–Crippen LogP) is 2.01. The summed E-state index contributed by atoms with van der Waals surface area (Å²) in [6.45, 7) is 5.15. The highest BCUT2D eigenvalue weighted by molar-refractivity contribution is 5.20. The van der Waals surface area contributed by atoms with Crippen LogP contribution in [0.2, 0.25) is 0 Å². The number of nitrogens with one attached hydrogen (secondary N) is 1. The summed E-state index contributed by atoms with van der Waals surface area (Å²) in [5.41, 5.74) is 2.73. The predicted molar refractivity (Wildman–Crippen MR) is 101 cm³/mol. The van der Waals surface area contributed by atoms with E-state index in [1.807, 2.05) is 29.1 Å². The standard InChI is InChI=1S/C21H26N4O/c26-21-7-1-5-20-17-12-23-11-16(13-25(20)21)18(17)14-24-9-3-6-19(24)15-4-2-8-22-10-15/h1-2,4-5,7-8,10,16-19,23H,3,6,9,11-14H2/t16?,17?,18?,19-/m0/s1. The Labute approximate surface area is 154 Å². The number of pyridine rings is 2. The summed E-state index contributed by atoms with van der Waals surface area (Å²) in [7, 11) is 0. The molecule has 5 heteroatoms. The number of rotatable bonds is 3. The number of hydrogen-bond donors (Lipinski definition) is 1. The van der Waals surface area contributed by atoms with E-state index in [1.165, 1.54) is 30.6 Å². The van der Waals surface area contributed by atoms with Crippen molar-refractivity contribution in [2.45, 2.75) is 31.3 Å². The second kappa shape index (κ2) is 6.63. The average molecular weight is 350 g/mol. The van der Waals surface area contributed by atoms with Crippen molar-refractivity contribution < 1.29 is 0 Å². The van der Waals surface area contributed by atoms with E-state index in [-0.39, 0.29) is 5.56 Å². The number of nitrogens with zero attached hydrogens (tertiary/aromatic N) is 3. The quantitative estimate of drug-likeness (QED) is 0.920. The molecule has 2 aromatic heterocycles. The van der Waals surface area contributed by atoms with Gasteiger partial charge in [0.25, 0.3) is 5.56 Å². The zero-order chi connectivity index (χ0) is 17.5. The van der Waals surface area contributed by atoms with Crippen LogP contribution in [0.1, 0.15) is 36.1 Å². The molecule has 2 fully saturated rings. The molecule has 0 aromatic carbocycles. The second-order valence-corrected chi connectivity index (χ2v) is 8.03. The van der Waals surface area contributed by atoms with Crippen molar-refractivity contribution in [1.29, 1.82) is 0 Å². The molecule has 5 heterocycles. The first-order chi connectivity index (χ1) is 12.8. The van der Waals surface area contributed by atoms with Gasteiger partial charge < -0.3 is 9.88 Å². The third-order valence-corrected chi connectivity index (χ3v) is 6.65. The first-order valence-electron chi connectivity index (χ1n) is 9.86. The molecule has 5 rings (SSSR count). The Morgan fingerprint density at radius 2 is 2.15 bits per heavy atom. The maximum Gasteiger partial charge on any atom is 0.250 e. The third-order valence-electron chi connectivity index (χ3n) is 6.65. The van der Waals surface area contributed by atoms with Crippen LogP contribution in [0, 0.1) is 11.8 Å². The van der Waals surface area contributed by atoms with Gasteiger partial charge in [0.15, 0.2) is 0 Å². The first kappa shape index (κ1) is 16.2. The Morgan fingerprint density at radius 3 is 3.04 bits per heavy atom. The van der Waals surface area contributed by atoms with Crippen LogP contribution in [-0.2, 0) is 6.54 Å². The lowest BCUT2D eigenvalue weighted by Gasteiger charge is -2.46. The molecule has 3 aliphatic heterocycles. The number of fused-ring (bicyclic) bond motifs is 4. The van der Waals surface area contributed by atoms with Gasteiger partial charge in [-0.1, -0.05) is 12.1 Å². The minimum absolute atomic E-state index is 0.159. The second-order valence-electron chi connectivity index (χ2n) is 8.03. The summed E-state index contributed by atoms with van der Waals surface area (Å²) in [5, 5.41) is 3.60. The lowest BCUT2D eigenvalue weighted by atomic mass is 9.73. The number of likely N-dealkylation sites (tertiary alicyclic amines) is 1. The summed E-state index contributed by atoms with van der Waals surface area (Å²) < 4.78 is 2.02. The summed E-state index contributed by atoms with van der Waals surface area (Å²) >= 11 is 0. The molecule has 2 bridgehead atoms. The molecule has 136 valence electrons. The molecule has 0 saturated carbocycles. The fraction of sp³-hybridized carbons (Fsp3) is 0.524. The van der Waals surface area contributed by atoms with Crippen molar-refractivity contribution in [3.8, 4) is 0 Å². The number of aromatic nitrogens is 2. The van der Waals surface area contributed by atoms with Crippen molar-refractivity contribution in [1.82, 2.24) is 19.8 Å². The molecule has 0 radical (unpaired) electrons. The summed E-state index contributed by atoms with van der Waals surface area (Å²) in [4.78, 5) is 19.3. The fourth-order valence-corrected chi connectivity index (χ4v) is 5.41. The van der Waals surface area contributed by atoms with Gasteiger partial charge in [-0.15, -0.1) is 0 Å². The Bertz CT molecular complexity index is 833. The molecule has 4 atom stereocenters. The number of piperidine rings is 1. The first-order valence-corrected chi connectivity index (χ1v) is 9.86. The van der Waals surface area contributed by atoms with Crippen LogP contribution in [0.15, 0.2) is 47.5 Å². The van der Waals surface area contributed by atoms with Gasteiger partial charge in [0.1, 0.15) is 0 Å². The molecule has 0 aliphatic carbocycles. The zero-order valence-electron chi connectivity index (χ0n) is 15.1. The van der Waals surface area contributed by atoms with Crippen LogP contribution in [0.25, 0.3) is 0 Å². The highest BCUT2D eigenvalue weighted by Crippen LogP contribution is 2.41. The fourth-order valence-electron chi connectivity index (χ4n) is 5.41. The maximum absolute atomic E-state index is 12.3. The Kier molecular flexibility index (Phi) is 4.14. The van der Waals surface area contributed by atoms with Crippen molar-refractivity contribution in [3.05, 3.63) is 64.3 Å². The lowest BCUT2D eigenvalue weighted by Crippen LogP contribution is -2.53.